The van der Waals surface area contributed by atoms with Crippen LogP contribution in [0.4, 0.5) is 0 Å². The van der Waals surface area contributed by atoms with E-state index in [0.29, 0.717) is 33.2 Å². The van der Waals surface area contributed by atoms with Crippen molar-refractivity contribution >= 4 is 22.6 Å². The molecule has 0 fully saturated rings. The molecule has 0 aliphatic rings. The first kappa shape index (κ1) is 18.3. The second kappa shape index (κ2) is 7.81. The molecule has 26 heavy (non-hydrogen) atoms. The molecular formula is C20H20ClNO4. The van der Waals surface area contributed by atoms with Crippen LogP contribution in [-0.2, 0) is 0 Å². The van der Waals surface area contributed by atoms with Crippen molar-refractivity contribution in [1.82, 2.24) is 0 Å². The number of hydrogen-bond donors (Lipinski definition) is 1. The molecule has 1 aromatic heterocycles. The van der Waals surface area contributed by atoms with Crippen LogP contribution >= 0.6 is 11.6 Å². The Bertz CT molecular complexity index is 995. The third-order valence-corrected chi connectivity index (χ3v) is 4.13. The summed E-state index contributed by atoms with van der Waals surface area (Å²) in [6.45, 7) is 1.98. The summed E-state index contributed by atoms with van der Waals surface area (Å²) < 4.78 is 16.7. The quantitative estimate of drug-likeness (QED) is 0.732. The SMILES string of the molecule is COc1ccc(-c2cc(=NCC(C)O)c3cc(Cl)ccc3o2)cc1OC. The molecule has 0 saturated heterocycles. The minimum absolute atomic E-state index is 0.289. The molecule has 1 heterocycles. The van der Waals surface area contributed by atoms with Gasteiger partial charge in [-0.3, -0.25) is 4.99 Å². The maximum absolute atomic E-state index is 9.58. The minimum Gasteiger partial charge on any atom is -0.493 e. The van der Waals surface area contributed by atoms with Gasteiger partial charge in [-0.25, -0.2) is 0 Å². The Morgan fingerprint density at radius 2 is 1.85 bits per heavy atom. The van der Waals surface area contributed by atoms with Gasteiger partial charge < -0.3 is 19.0 Å². The van der Waals surface area contributed by atoms with E-state index >= 15 is 0 Å². The number of nitrogens with zero attached hydrogens (tertiary/aromatic N) is 1. The molecule has 1 N–H and O–H groups in total. The molecule has 136 valence electrons. The zero-order chi connectivity index (χ0) is 18.7. The highest BCUT2D eigenvalue weighted by Gasteiger charge is 2.10. The number of fused-ring (bicyclic) bond motifs is 1. The van der Waals surface area contributed by atoms with Crippen molar-refractivity contribution in [1.29, 1.82) is 0 Å². The summed E-state index contributed by atoms with van der Waals surface area (Å²) >= 11 is 6.12. The molecule has 6 heteroatoms. The predicted octanol–water partition coefficient (Wildman–Crippen LogP) is 4.05. The Balaban J connectivity index is 2.21. The number of halogens is 1. The predicted molar refractivity (Wildman–Crippen MR) is 102 cm³/mol. The molecule has 1 atom stereocenters. The van der Waals surface area contributed by atoms with Gasteiger partial charge in [0.15, 0.2) is 11.5 Å². The first-order chi connectivity index (χ1) is 12.5. The van der Waals surface area contributed by atoms with Gasteiger partial charge in [-0.05, 0) is 43.3 Å². The van der Waals surface area contributed by atoms with Crippen molar-refractivity contribution in [3.8, 4) is 22.8 Å². The molecular weight excluding hydrogens is 354 g/mol. The summed E-state index contributed by atoms with van der Waals surface area (Å²) in [5.41, 5.74) is 1.49. The normalized spacial score (nSPS) is 13.0. The first-order valence-corrected chi connectivity index (χ1v) is 8.54. The van der Waals surface area contributed by atoms with Crippen LogP contribution in [0.5, 0.6) is 11.5 Å². The maximum Gasteiger partial charge on any atom is 0.161 e. The lowest BCUT2D eigenvalue weighted by Crippen LogP contribution is -2.11. The molecule has 0 aliphatic heterocycles. The molecule has 0 radical (unpaired) electrons. The second-order valence-corrected chi connectivity index (χ2v) is 6.33. The molecule has 3 aromatic rings. The van der Waals surface area contributed by atoms with Crippen molar-refractivity contribution in [2.24, 2.45) is 4.99 Å². The van der Waals surface area contributed by atoms with Crippen molar-refractivity contribution in [2.75, 3.05) is 20.8 Å². The highest BCUT2D eigenvalue weighted by molar-refractivity contribution is 6.31. The maximum atomic E-state index is 9.58. The van der Waals surface area contributed by atoms with Crippen molar-refractivity contribution < 1.29 is 19.0 Å². The van der Waals surface area contributed by atoms with Gasteiger partial charge >= 0.3 is 0 Å². The largest absolute Gasteiger partial charge is 0.493 e. The summed E-state index contributed by atoms with van der Waals surface area (Å²) in [7, 11) is 3.18. The van der Waals surface area contributed by atoms with Crippen LogP contribution in [0.25, 0.3) is 22.3 Å². The Kier molecular flexibility index (Phi) is 5.49. The van der Waals surface area contributed by atoms with E-state index in [4.69, 9.17) is 25.5 Å². The Morgan fingerprint density at radius 3 is 2.54 bits per heavy atom. The number of rotatable bonds is 5. The van der Waals surface area contributed by atoms with E-state index in [1.165, 1.54) is 0 Å². The van der Waals surface area contributed by atoms with Crippen molar-refractivity contribution in [3.63, 3.8) is 0 Å². The third kappa shape index (κ3) is 3.84. The van der Waals surface area contributed by atoms with E-state index in [9.17, 15) is 5.11 Å². The first-order valence-electron chi connectivity index (χ1n) is 8.16. The van der Waals surface area contributed by atoms with Gasteiger partial charge in [0.25, 0.3) is 0 Å². The fourth-order valence-corrected chi connectivity index (χ4v) is 2.81. The molecule has 0 aliphatic carbocycles. The number of methoxy groups -OCH3 is 2. The lowest BCUT2D eigenvalue weighted by Gasteiger charge is -2.10. The van der Waals surface area contributed by atoms with Gasteiger partial charge in [-0.15, -0.1) is 0 Å². The molecule has 2 aromatic carbocycles. The fraction of sp³-hybridized carbons (Fsp3) is 0.250. The lowest BCUT2D eigenvalue weighted by molar-refractivity contribution is 0.203. The Labute approximate surface area is 156 Å². The van der Waals surface area contributed by atoms with Crippen LogP contribution in [0, 0.1) is 0 Å². The second-order valence-electron chi connectivity index (χ2n) is 5.90. The average molecular weight is 374 g/mol. The zero-order valence-corrected chi connectivity index (χ0v) is 15.6. The van der Waals surface area contributed by atoms with Gasteiger partial charge in [0.2, 0.25) is 0 Å². The van der Waals surface area contributed by atoms with Crippen LogP contribution in [-0.4, -0.2) is 32.0 Å². The van der Waals surface area contributed by atoms with Gasteiger partial charge in [-0.2, -0.15) is 0 Å². The Hall–Kier alpha value is -2.50. The Morgan fingerprint density at radius 1 is 1.08 bits per heavy atom. The van der Waals surface area contributed by atoms with E-state index < -0.39 is 6.10 Å². The molecule has 5 nitrogen and oxygen atoms in total. The smallest absolute Gasteiger partial charge is 0.161 e. The van der Waals surface area contributed by atoms with Gasteiger partial charge in [0, 0.05) is 22.0 Å². The summed E-state index contributed by atoms with van der Waals surface area (Å²) in [5.74, 6) is 1.88. The van der Waals surface area contributed by atoms with Gasteiger partial charge in [0.1, 0.15) is 11.3 Å². The zero-order valence-electron chi connectivity index (χ0n) is 14.8. The van der Waals surface area contributed by atoms with E-state index in [1.807, 2.05) is 30.3 Å². The van der Waals surface area contributed by atoms with Crippen LogP contribution < -0.4 is 14.8 Å². The monoisotopic (exact) mass is 373 g/mol. The highest BCUT2D eigenvalue weighted by Crippen LogP contribution is 2.33. The van der Waals surface area contributed by atoms with E-state index in [0.717, 1.165) is 10.9 Å². The van der Waals surface area contributed by atoms with Crippen LogP contribution in [0.15, 0.2) is 51.9 Å². The van der Waals surface area contributed by atoms with Crippen molar-refractivity contribution in [3.05, 3.63) is 52.8 Å². The van der Waals surface area contributed by atoms with Crippen LogP contribution in [0.1, 0.15) is 6.92 Å². The van der Waals surface area contributed by atoms with E-state index in [-0.39, 0.29) is 6.54 Å². The lowest BCUT2D eigenvalue weighted by atomic mass is 10.1. The van der Waals surface area contributed by atoms with Crippen molar-refractivity contribution in [2.45, 2.75) is 13.0 Å². The standard InChI is InChI=1S/C20H20ClNO4/c1-12(23)11-22-16-10-19(26-17-7-5-14(21)9-15(16)17)13-4-6-18(24-2)20(8-13)25-3/h4-10,12,23H,11H2,1-3H3. The molecule has 0 bridgehead atoms. The number of aliphatic hydroxyl groups excluding tert-OH is 1. The number of aliphatic hydroxyl groups is 1. The summed E-state index contributed by atoms with van der Waals surface area (Å²) in [4.78, 5) is 4.51. The van der Waals surface area contributed by atoms with E-state index in [1.54, 1.807) is 33.3 Å². The summed E-state index contributed by atoms with van der Waals surface area (Å²) in [6.07, 6.45) is -0.536. The van der Waals surface area contributed by atoms with Gasteiger partial charge in [-0.1, -0.05) is 11.6 Å². The highest BCUT2D eigenvalue weighted by atomic mass is 35.5. The number of ether oxygens (including phenoxy) is 2. The number of hydrogen-bond acceptors (Lipinski definition) is 5. The minimum atomic E-state index is -0.536. The summed E-state index contributed by atoms with van der Waals surface area (Å²) in [5, 5.41) is 11.7. The number of benzene rings is 2. The fourth-order valence-electron chi connectivity index (χ4n) is 2.63. The molecule has 0 spiro atoms. The molecule has 1 unspecified atom stereocenters. The molecule has 3 rings (SSSR count). The average Bonchev–Trinajstić information content (AvgIpc) is 2.65. The van der Waals surface area contributed by atoms with E-state index in [2.05, 4.69) is 4.99 Å². The third-order valence-electron chi connectivity index (χ3n) is 3.90. The summed E-state index contributed by atoms with van der Waals surface area (Å²) in [6, 6.07) is 12.8. The van der Waals surface area contributed by atoms with Crippen LogP contribution in [0.2, 0.25) is 5.02 Å². The van der Waals surface area contributed by atoms with Crippen LogP contribution in [0.3, 0.4) is 0 Å². The van der Waals surface area contributed by atoms with Gasteiger partial charge in [0.05, 0.1) is 32.2 Å². The topological polar surface area (TPSA) is 64.2 Å². The molecule has 0 saturated carbocycles. The molecule has 0 amide bonds.